The molecule has 1 aromatic heterocycles. The second-order valence-electron chi connectivity index (χ2n) is 5.51. The molecule has 0 aliphatic heterocycles. The van der Waals surface area contributed by atoms with Gasteiger partial charge in [0.1, 0.15) is 12.1 Å². The van der Waals surface area contributed by atoms with Crippen LogP contribution in [0.5, 0.6) is 0 Å². The lowest BCUT2D eigenvalue weighted by Gasteiger charge is -2.14. The number of hydrogen-bond acceptors (Lipinski definition) is 3. The topological polar surface area (TPSA) is 30.0 Å². The average molecular weight is 277 g/mol. The maximum absolute atomic E-state index is 13.1. The summed E-state index contributed by atoms with van der Waals surface area (Å²) >= 11 is 1.57. The Morgan fingerprint density at radius 3 is 2.68 bits per heavy atom. The van der Waals surface area contributed by atoms with Crippen molar-refractivity contribution in [1.82, 2.24) is 4.98 Å². The van der Waals surface area contributed by atoms with Crippen LogP contribution in [0, 0.1) is 5.82 Å². The first kappa shape index (κ1) is 13.9. The molecule has 0 saturated carbocycles. The van der Waals surface area contributed by atoms with Crippen LogP contribution >= 0.6 is 11.3 Å². The highest BCUT2D eigenvalue weighted by atomic mass is 32.1. The molecule has 19 heavy (non-hydrogen) atoms. The number of halogens is 1. The van der Waals surface area contributed by atoms with Gasteiger partial charge in [-0.2, -0.15) is 0 Å². The van der Waals surface area contributed by atoms with E-state index in [0.29, 0.717) is 18.3 Å². The van der Waals surface area contributed by atoms with E-state index in [9.17, 15) is 9.18 Å². The van der Waals surface area contributed by atoms with Gasteiger partial charge in [0.2, 0.25) is 0 Å². The van der Waals surface area contributed by atoms with Gasteiger partial charge >= 0.3 is 0 Å². The maximum atomic E-state index is 13.1. The van der Waals surface area contributed by atoms with E-state index in [-0.39, 0.29) is 11.2 Å². The quantitative estimate of drug-likeness (QED) is 0.794. The second kappa shape index (κ2) is 5.21. The highest BCUT2D eigenvalue weighted by molar-refractivity contribution is 7.09. The summed E-state index contributed by atoms with van der Waals surface area (Å²) in [7, 11) is 0. The number of nitrogens with zero attached hydrogens (tertiary/aromatic N) is 1. The minimum atomic E-state index is -0.389. The van der Waals surface area contributed by atoms with Crippen LogP contribution in [0.15, 0.2) is 23.6 Å². The van der Waals surface area contributed by atoms with Crippen molar-refractivity contribution in [3.05, 3.63) is 51.2 Å². The molecule has 2 nitrogen and oxygen atoms in total. The Morgan fingerprint density at radius 2 is 2.11 bits per heavy atom. The molecule has 4 heteroatoms. The Hall–Kier alpha value is -1.55. The van der Waals surface area contributed by atoms with Gasteiger partial charge < -0.3 is 0 Å². The zero-order valence-electron chi connectivity index (χ0n) is 11.2. The molecule has 0 unspecified atom stereocenters. The van der Waals surface area contributed by atoms with Gasteiger partial charge in [0.05, 0.1) is 10.7 Å². The largest absolute Gasteiger partial charge is 0.298 e. The van der Waals surface area contributed by atoms with Crippen LogP contribution in [0.3, 0.4) is 0 Å². The molecular weight excluding hydrogens is 261 g/mol. The van der Waals surface area contributed by atoms with Crippen molar-refractivity contribution >= 4 is 17.6 Å². The van der Waals surface area contributed by atoms with Gasteiger partial charge in [-0.3, -0.25) is 4.79 Å². The molecule has 0 spiro atoms. The van der Waals surface area contributed by atoms with Crippen molar-refractivity contribution in [1.29, 1.82) is 0 Å². The zero-order valence-corrected chi connectivity index (χ0v) is 12.1. The molecule has 0 fully saturated rings. The van der Waals surface area contributed by atoms with Gasteiger partial charge in [-0.25, -0.2) is 9.37 Å². The van der Waals surface area contributed by atoms with Crippen LogP contribution in [0.1, 0.15) is 47.4 Å². The summed E-state index contributed by atoms with van der Waals surface area (Å²) in [4.78, 5) is 15.5. The van der Waals surface area contributed by atoms with Gasteiger partial charge in [0.25, 0.3) is 0 Å². The van der Waals surface area contributed by atoms with E-state index in [1.807, 2.05) is 5.38 Å². The summed E-state index contributed by atoms with van der Waals surface area (Å²) < 4.78 is 13.1. The maximum Gasteiger partial charge on any atom is 0.150 e. The highest BCUT2D eigenvalue weighted by Gasteiger charge is 2.17. The van der Waals surface area contributed by atoms with Gasteiger partial charge in [0, 0.05) is 22.8 Å². The molecule has 100 valence electrons. The number of hydrogen-bond donors (Lipinski definition) is 0. The van der Waals surface area contributed by atoms with E-state index < -0.39 is 0 Å². The summed E-state index contributed by atoms with van der Waals surface area (Å²) in [6.45, 7) is 6.34. The first-order chi connectivity index (χ1) is 8.90. The molecule has 2 rings (SSSR count). The summed E-state index contributed by atoms with van der Waals surface area (Å²) in [5.41, 5.74) is 2.27. The Morgan fingerprint density at radius 1 is 1.37 bits per heavy atom. The van der Waals surface area contributed by atoms with Crippen molar-refractivity contribution in [2.24, 2.45) is 0 Å². The molecule has 0 atom stereocenters. The SMILES string of the molecule is CC(C)(C)c1csc(Cc2ccc(F)cc2C=O)n1. The average Bonchev–Trinajstić information content (AvgIpc) is 2.79. The number of carbonyl (C=O) groups excluding carboxylic acids is 1. The summed E-state index contributed by atoms with van der Waals surface area (Å²) in [6.07, 6.45) is 1.26. The molecular formula is C15H16FNOS. The fourth-order valence-electron chi connectivity index (χ4n) is 1.74. The molecule has 1 heterocycles. The molecule has 1 aromatic carbocycles. The predicted octanol–water partition coefficient (Wildman–Crippen LogP) is 3.98. The lowest BCUT2D eigenvalue weighted by atomic mass is 9.93. The molecule has 0 aliphatic carbocycles. The van der Waals surface area contributed by atoms with Gasteiger partial charge in [-0.15, -0.1) is 11.3 Å². The first-order valence-electron chi connectivity index (χ1n) is 6.08. The van der Waals surface area contributed by atoms with Crippen molar-refractivity contribution in [2.45, 2.75) is 32.6 Å². The molecule has 0 aliphatic rings. The Kier molecular flexibility index (Phi) is 3.80. The number of benzene rings is 1. The number of rotatable bonds is 3. The Labute approximate surface area is 116 Å². The summed E-state index contributed by atoms with van der Waals surface area (Å²) in [5.74, 6) is -0.389. The van der Waals surface area contributed by atoms with Crippen molar-refractivity contribution in [3.63, 3.8) is 0 Å². The van der Waals surface area contributed by atoms with E-state index in [2.05, 4.69) is 25.8 Å². The van der Waals surface area contributed by atoms with Crippen LogP contribution in [-0.4, -0.2) is 11.3 Å². The Balaban J connectivity index is 2.26. The minimum Gasteiger partial charge on any atom is -0.298 e. The monoisotopic (exact) mass is 277 g/mol. The fraction of sp³-hybridized carbons (Fsp3) is 0.333. The third-order valence-electron chi connectivity index (χ3n) is 2.90. The molecule has 0 radical (unpaired) electrons. The van der Waals surface area contributed by atoms with Crippen LogP contribution in [0.4, 0.5) is 4.39 Å². The van der Waals surface area contributed by atoms with Crippen LogP contribution in [0.2, 0.25) is 0 Å². The van der Waals surface area contributed by atoms with Crippen molar-refractivity contribution in [3.8, 4) is 0 Å². The fourth-order valence-corrected chi connectivity index (χ4v) is 2.78. The van der Waals surface area contributed by atoms with Crippen LogP contribution in [-0.2, 0) is 11.8 Å². The second-order valence-corrected chi connectivity index (χ2v) is 6.46. The van der Waals surface area contributed by atoms with E-state index in [1.54, 1.807) is 17.4 Å². The van der Waals surface area contributed by atoms with Crippen molar-refractivity contribution in [2.75, 3.05) is 0 Å². The number of aldehydes is 1. The molecule has 0 saturated heterocycles. The van der Waals surface area contributed by atoms with Gasteiger partial charge in [-0.1, -0.05) is 26.8 Å². The summed E-state index contributed by atoms with van der Waals surface area (Å²) in [6, 6.07) is 4.29. The lowest BCUT2D eigenvalue weighted by Crippen LogP contribution is -2.11. The molecule has 0 N–H and O–H groups in total. The van der Waals surface area contributed by atoms with Crippen molar-refractivity contribution < 1.29 is 9.18 Å². The van der Waals surface area contributed by atoms with E-state index in [4.69, 9.17) is 0 Å². The molecule has 0 bridgehead atoms. The van der Waals surface area contributed by atoms with E-state index in [0.717, 1.165) is 16.3 Å². The molecule has 2 aromatic rings. The molecule has 0 amide bonds. The third kappa shape index (κ3) is 3.26. The van der Waals surface area contributed by atoms with Crippen LogP contribution < -0.4 is 0 Å². The van der Waals surface area contributed by atoms with Gasteiger partial charge in [-0.05, 0) is 17.7 Å². The number of aromatic nitrogens is 1. The number of carbonyl (C=O) groups is 1. The zero-order chi connectivity index (χ0) is 14.0. The van der Waals surface area contributed by atoms with Gasteiger partial charge in [0.15, 0.2) is 0 Å². The number of thiazole rings is 1. The lowest BCUT2D eigenvalue weighted by molar-refractivity contribution is 0.112. The normalized spacial score (nSPS) is 11.6. The minimum absolute atomic E-state index is 0.0189. The summed E-state index contributed by atoms with van der Waals surface area (Å²) in [5, 5.41) is 2.99. The van der Waals surface area contributed by atoms with E-state index >= 15 is 0 Å². The highest BCUT2D eigenvalue weighted by Crippen LogP contribution is 2.25. The Bertz CT molecular complexity index is 598. The van der Waals surface area contributed by atoms with Crippen LogP contribution in [0.25, 0.3) is 0 Å². The smallest absolute Gasteiger partial charge is 0.150 e. The predicted molar refractivity (Wildman–Crippen MR) is 75.4 cm³/mol. The van der Waals surface area contributed by atoms with E-state index in [1.165, 1.54) is 12.1 Å². The first-order valence-corrected chi connectivity index (χ1v) is 6.96. The third-order valence-corrected chi connectivity index (χ3v) is 3.75. The standard InChI is InChI=1S/C15H16FNOS/c1-15(2,3)13-9-19-14(17-13)7-10-4-5-12(16)6-11(10)8-18/h4-6,8-9H,7H2,1-3H3.